The fourth-order valence-corrected chi connectivity index (χ4v) is 3.35. The summed E-state index contributed by atoms with van der Waals surface area (Å²) in [6.07, 6.45) is 8.33. The molecule has 0 bridgehead atoms. The van der Waals surface area contributed by atoms with Crippen LogP contribution in [0.25, 0.3) is 11.4 Å². The molecule has 0 amide bonds. The quantitative estimate of drug-likeness (QED) is 0.941. The number of nitrogens with zero attached hydrogens (tertiary/aromatic N) is 2. The Morgan fingerprint density at radius 3 is 2.95 bits per heavy atom. The van der Waals surface area contributed by atoms with Gasteiger partial charge in [0.1, 0.15) is 11.6 Å². The first kappa shape index (κ1) is 14.4. The number of hydrogen-bond donors (Lipinski definition) is 1. The van der Waals surface area contributed by atoms with E-state index in [4.69, 9.17) is 22.1 Å². The lowest BCUT2D eigenvalue weighted by Crippen LogP contribution is -2.29. The number of benzene rings is 1. The number of rotatable bonds is 3. The van der Waals surface area contributed by atoms with Crippen LogP contribution in [0.15, 0.2) is 30.6 Å². The van der Waals surface area contributed by atoms with E-state index < -0.39 is 0 Å². The van der Waals surface area contributed by atoms with Gasteiger partial charge in [0, 0.05) is 30.0 Å². The second-order valence-electron chi connectivity index (χ2n) is 5.59. The van der Waals surface area contributed by atoms with Gasteiger partial charge in [-0.3, -0.25) is 0 Å². The first-order chi connectivity index (χ1) is 10.2. The van der Waals surface area contributed by atoms with E-state index in [0.29, 0.717) is 22.9 Å². The Kier molecular flexibility index (Phi) is 4.17. The molecule has 0 spiro atoms. The number of imidazole rings is 1. The highest BCUT2D eigenvalue weighted by molar-refractivity contribution is 6.32. The van der Waals surface area contributed by atoms with Crippen LogP contribution >= 0.6 is 11.6 Å². The van der Waals surface area contributed by atoms with E-state index in [1.54, 1.807) is 7.11 Å². The molecule has 1 heterocycles. The van der Waals surface area contributed by atoms with Gasteiger partial charge in [-0.1, -0.05) is 11.6 Å². The minimum Gasteiger partial charge on any atom is -0.495 e. The van der Waals surface area contributed by atoms with Gasteiger partial charge in [0.25, 0.3) is 0 Å². The predicted octanol–water partition coefficient (Wildman–Crippen LogP) is 3.65. The van der Waals surface area contributed by atoms with Gasteiger partial charge < -0.3 is 15.0 Å². The first-order valence-corrected chi connectivity index (χ1v) is 7.69. The third kappa shape index (κ3) is 2.92. The van der Waals surface area contributed by atoms with E-state index in [-0.39, 0.29) is 0 Å². The Morgan fingerprint density at radius 1 is 1.38 bits per heavy atom. The topological polar surface area (TPSA) is 53.1 Å². The summed E-state index contributed by atoms with van der Waals surface area (Å²) >= 11 is 6.23. The summed E-state index contributed by atoms with van der Waals surface area (Å²) in [6.45, 7) is 0. The van der Waals surface area contributed by atoms with Crippen molar-refractivity contribution in [2.45, 2.75) is 37.8 Å². The van der Waals surface area contributed by atoms with Crippen molar-refractivity contribution in [3.05, 3.63) is 35.6 Å². The third-order valence-electron chi connectivity index (χ3n) is 4.16. The van der Waals surface area contributed by atoms with Gasteiger partial charge in [-0.25, -0.2) is 4.98 Å². The maximum atomic E-state index is 6.23. The van der Waals surface area contributed by atoms with E-state index in [0.717, 1.165) is 30.7 Å². The molecule has 0 radical (unpaired) electrons. The molecule has 3 rings (SSSR count). The van der Waals surface area contributed by atoms with E-state index in [9.17, 15) is 0 Å². The molecule has 1 aromatic heterocycles. The molecule has 0 unspecified atom stereocenters. The number of aromatic nitrogens is 2. The maximum Gasteiger partial charge on any atom is 0.140 e. The molecule has 0 saturated heterocycles. The molecular formula is C16H20ClN3O. The number of halogens is 1. The highest BCUT2D eigenvalue weighted by Gasteiger charge is 2.23. The summed E-state index contributed by atoms with van der Waals surface area (Å²) in [5.41, 5.74) is 7.12. The standard InChI is InChI=1S/C16H20ClN3O/c1-21-15-6-5-11(9-14(15)17)16-19-7-8-20(16)13-4-2-3-12(18)10-13/h5-9,12-13H,2-4,10,18H2,1H3/t12-,13+/m0/s1. The van der Waals surface area contributed by atoms with Gasteiger partial charge in [0.05, 0.1) is 12.1 Å². The smallest absolute Gasteiger partial charge is 0.140 e. The summed E-state index contributed by atoms with van der Waals surface area (Å²) in [6, 6.07) is 6.49. The van der Waals surface area contributed by atoms with Crippen LogP contribution in [0.3, 0.4) is 0 Å². The van der Waals surface area contributed by atoms with Crippen molar-refractivity contribution >= 4 is 11.6 Å². The van der Waals surface area contributed by atoms with E-state index in [1.807, 2.05) is 30.6 Å². The molecule has 1 aromatic carbocycles. The molecule has 21 heavy (non-hydrogen) atoms. The Bertz CT molecular complexity index is 626. The zero-order valence-corrected chi connectivity index (χ0v) is 12.9. The zero-order valence-electron chi connectivity index (χ0n) is 12.1. The summed E-state index contributed by atoms with van der Waals surface area (Å²) in [5.74, 6) is 1.62. The average Bonchev–Trinajstić information content (AvgIpc) is 2.96. The second-order valence-corrected chi connectivity index (χ2v) is 6.00. The molecule has 2 atom stereocenters. The summed E-state index contributed by atoms with van der Waals surface area (Å²) in [5, 5.41) is 0.602. The van der Waals surface area contributed by atoms with Gasteiger partial charge in [-0.05, 0) is 43.9 Å². The average molecular weight is 306 g/mol. The second kappa shape index (κ2) is 6.08. The van der Waals surface area contributed by atoms with Crippen molar-refractivity contribution in [2.24, 2.45) is 5.73 Å². The van der Waals surface area contributed by atoms with Gasteiger partial charge in [0.15, 0.2) is 0 Å². The SMILES string of the molecule is COc1ccc(-c2nccn2[C@@H]2CCC[C@H](N)C2)cc1Cl. The Hall–Kier alpha value is -1.52. The zero-order chi connectivity index (χ0) is 14.8. The number of methoxy groups -OCH3 is 1. The maximum absolute atomic E-state index is 6.23. The lowest BCUT2D eigenvalue weighted by molar-refractivity contribution is 0.322. The van der Waals surface area contributed by atoms with Crippen molar-refractivity contribution in [2.75, 3.05) is 7.11 Å². The normalized spacial score (nSPS) is 22.2. The summed E-state index contributed by atoms with van der Waals surface area (Å²) < 4.78 is 7.44. The monoisotopic (exact) mass is 305 g/mol. The minimum atomic E-state index is 0.290. The molecule has 2 N–H and O–H groups in total. The van der Waals surface area contributed by atoms with Crippen molar-refractivity contribution in [3.63, 3.8) is 0 Å². The molecule has 2 aromatic rings. The Morgan fingerprint density at radius 2 is 2.24 bits per heavy atom. The van der Waals surface area contributed by atoms with Crippen LogP contribution in [-0.4, -0.2) is 22.7 Å². The summed E-state index contributed by atoms with van der Waals surface area (Å²) in [4.78, 5) is 4.51. The van der Waals surface area contributed by atoms with Crippen LogP contribution < -0.4 is 10.5 Å². The Labute approximate surface area is 129 Å². The van der Waals surface area contributed by atoms with Gasteiger partial charge in [-0.15, -0.1) is 0 Å². The largest absolute Gasteiger partial charge is 0.495 e. The van der Waals surface area contributed by atoms with Crippen LogP contribution in [-0.2, 0) is 0 Å². The molecule has 4 nitrogen and oxygen atoms in total. The van der Waals surface area contributed by atoms with Crippen LogP contribution in [0, 0.1) is 0 Å². The third-order valence-corrected chi connectivity index (χ3v) is 4.45. The van der Waals surface area contributed by atoms with E-state index >= 15 is 0 Å². The van der Waals surface area contributed by atoms with Gasteiger partial charge >= 0.3 is 0 Å². The summed E-state index contributed by atoms with van der Waals surface area (Å²) in [7, 11) is 1.62. The number of nitrogens with two attached hydrogens (primary N) is 1. The van der Waals surface area contributed by atoms with Crippen molar-refractivity contribution in [1.82, 2.24) is 9.55 Å². The highest BCUT2D eigenvalue weighted by Crippen LogP contribution is 2.34. The fourth-order valence-electron chi connectivity index (χ4n) is 3.09. The lowest BCUT2D eigenvalue weighted by atomic mass is 9.91. The molecule has 1 saturated carbocycles. The highest BCUT2D eigenvalue weighted by atomic mass is 35.5. The lowest BCUT2D eigenvalue weighted by Gasteiger charge is -2.28. The van der Waals surface area contributed by atoms with Crippen molar-refractivity contribution in [3.8, 4) is 17.1 Å². The molecular weight excluding hydrogens is 286 g/mol. The number of hydrogen-bond acceptors (Lipinski definition) is 3. The van der Waals surface area contributed by atoms with Crippen LogP contribution in [0.5, 0.6) is 5.75 Å². The molecule has 1 fully saturated rings. The van der Waals surface area contributed by atoms with Crippen LogP contribution in [0.1, 0.15) is 31.7 Å². The first-order valence-electron chi connectivity index (χ1n) is 7.31. The minimum absolute atomic E-state index is 0.290. The molecule has 1 aliphatic rings. The fraction of sp³-hybridized carbons (Fsp3) is 0.438. The van der Waals surface area contributed by atoms with Gasteiger partial charge in [0.2, 0.25) is 0 Å². The van der Waals surface area contributed by atoms with Crippen molar-refractivity contribution < 1.29 is 4.74 Å². The molecule has 5 heteroatoms. The number of ether oxygens (including phenoxy) is 1. The molecule has 1 aliphatic carbocycles. The van der Waals surface area contributed by atoms with Gasteiger partial charge in [-0.2, -0.15) is 0 Å². The van der Waals surface area contributed by atoms with Crippen molar-refractivity contribution in [1.29, 1.82) is 0 Å². The van der Waals surface area contributed by atoms with Crippen LogP contribution in [0.4, 0.5) is 0 Å². The Balaban J connectivity index is 1.93. The van der Waals surface area contributed by atoms with E-state index in [1.165, 1.54) is 6.42 Å². The van der Waals surface area contributed by atoms with E-state index in [2.05, 4.69) is 9.55 Å². The molecule has 0 aliphatic heterocycles. The predicted molar refractivity (Wildman–Crippen MR) is 84.7 cm³/mol. The molecule has 112 valence electrons. The van der Waals surface area contributed by atoms with Crippen LogP contribution in [0.2, 0.25) is 5.02 Å².